The van der Waals surface area contributed by atoms with Gasteiger partial charge in [-0.25, -0.2) is 0 Å². The average Bonchev–Trinajstić information content (AvgIpc) is 2.76. The third-order valence-electron chi connectivity index (χ3n) is 3.28. The molecule has 0 N–H and O–H groups in total. The molecule has 1 heterocycles. The van der Waals surface area contributed by atoms with Crippen molar-refractivity contribution in [1.82, 2.24) is 0 Å². The summed E-state index contributed by atoms with van der Waals surface area (Å²) >= 11 is 1.85. The topological polar surface area (TPSA) is 0 Å². The molecule has 89 valence electrons. The van der Waals surface area contributed by atoms with Gasteiger partial charge in [0.2, 0.25) is 0 Å². The number of aryl methyl sites for hydroxylation is 2. The van der Waals surface area contributed by atoms with Gasteiger partial charge in [-0.1, -0.05) is 36.4 Å². The van der Waals surface area contributed by atoms with E-state index in [1.54, 1.807) is 0 Å². The molecule has 0 nitrogen and oxygen atoms in total. The quantitative estimate of drug-likeness (QED) is 0.593. The van der Waals surface area contributed by atoms with Gasteiger partial charge in [-0.3, -0.25) is 0 Å². The molecule has 0 saturated heterocycles. The Hall–Kier alpha value is -1.60. The fourth-order valence-corrected chi connectivity index (χ4v) is 3.12. The van der Waals surface area contributed by atoms with Gasteiger partial charge in [-0.15, -0.1) is 11.3 Å². The first-order valence-corrected chi connectivity index (χ1v) is 6.94. The molecule has 0 bridgehead atoms. The largest absolute Gasteiger partial charge is 0.140 e. The van der Waals surface area contributed by atoms with Gasteiger partial charge in [0, 0.05) is 16.0 Å². The van der Waals surface area contributed by atoms with Crippen LogP contribution in [0.3, 0.4) is 0 Å². The number of rotatable bonds is 2. The van der Waals surface area contributed by atoms with Crippen LogP contribution in [-0.4, -0.2) is 0 Å². The van der Waals surface area contributed by atoms with E-state index in [4.69, 9.17) is 0 Å². The van der Waals surface area contributed by atoms with E-state index < -0.39 is 0 Å². The highest BCUT2D eigenvalue weighted by Gasteiger charge is 2.03. The lowest BCUT2D eigenvalue weighted by atomic mass is 10.0. The van der Waals surface area contributed by atoms with Crippen molar-refractivity contribution < 1.29 is 0 Å². The van der Waals surface area contributed by atoms with Crippen molar-refractivity contribution in [3.63, 3.8) is 0 Å². The predicted octanol–water partition coefficient (Wildman–Crippen LogP) is 5.12. The van der Waals surface area contributed by atoms with Gasteiger partial charge < -0.3 is 0 Å². The fourth-order valence-electron chi connectivity index (χ4n) is 2.09. The Morgan fingerprint density at radius 1 is 0.889 bits per heavy atom. The first-order chi connectivity index (χ1) is 8.72. The number of hydrogen-bond acceptors (Lipinski definition) is 1. The Bertz CT molecular complexity index is 659. The number of fused-ring (bicyclic) bond motifs is 1. The van der Waals surface area contributed by atoms with Crippen LogP contribution in [0.4, 0.5) is 0 Å². The van der Waals surface area contributed by atoms with Crippen molar-refractivity contribution >= 4 is 21.4 Å². The summed E-state index contributed by atoms with van der Waals surface area (Å²) in [6, 6.07) is 17.4. The zero-order valence-corrected chi connectivity index (χ0v) is 11.4. The Morgan fingerprint density at radius 3 is 2.50 bits per heavy atom. The molecule has 0 amide bonds. The fraction of sp³-hybridized carbons (Fsp3) is 0.118. The molecular weight excluding hydrogens is 236 g/mol. The Balaban J connectivity index is 1.93. The summed E-state index contributed by atoms with van der Waals surface area (Å²) in [6.45, 7) is 4.32. The minimum atomic E-state index is 1.28. The van der Waals surface area contributed by atoms with Crippen LogP contribution in [0.5, 0.6) is 0 Å². The van der Waals surface area contributed by atoms with Crippen LogP contribution in [0.15, 0.2) is 48.5 Å². The van der Waals surface area contributed by atoms with Crippen LogP contribution < -0.4 is 0 Å². The SMILES string of the molecule is Cc1ccc([CH]c2cc3ccccc3s2)cc1C. The van der Waals surface area contributed by atoms with Crippen molar-refractivity contribution in [2.24, 2.45) is 0 Å². The van der Waals surface area contributed by atoms with Crippen LogP contribution in [0.25, 0.3) is 10.1 Å². The van der Waals surface area contributed by atoms with Crippen molar-refractivity contribution in [3.8, 4) is 0 Å². The molecule has 0 atom stereocenters. The Kier molecular flexibility index (Phi) is 2.92. The van der Waals surface area contributed by atoms with Crippen molar-refractivity contribution in [3.05, 3.63) is 76.5 Å². The molecule has 0 unspecified atom stereocenters. The van der Waals surface area contributed by atoms with E-state index in [1.165, 1.54) is 31.7 Å². The molecule has 2 aromatic carbocycles. The minimum Gasteiger partial charge on any atom is -0.140 e. The molecule has 0 aliphatic heterocycles. The third-order valence-corrected chi connectivity index (χ3v) is 4.35. The molecule has 1 heteroatoms. The highest BCUT2D eigenvalue weighted by atomic mass is 32.1. The summed E-state index contributed by atoms with van der Waals surface area (Å²) in [6.07, 6.45) is 2.26. The maximum atomic E-state index is 2.26. The summed E-state index contributed by atoms with van der Waals surface area (Å²) in [5, 5.41) is 1.33. The molecule has 18 heavy (non-hydrogen) atoms. The van der Waals surface area contributed by atoms with E-state index in [0.717, 1.165) is 0 Å². The van der Waals surface area contributed by atoms with E-state index in [9.17, 15) is 0 Å². The van der Waals surface area contributed by atoms with Crippen molar-refractivity contribution in [2.45, 2.75) is 13.8 Å². The van der Waals surface area contributed by atoms with Crippen LogP contribution in [-0.2, 0) is 0 Å². The lowest BCUT2D eigenvalue weighted by Crippen LogP contribution is -1.85. The summed E-state index contributed by atoms with van der Waals surface area (Å²) in [5.74, 6) is 0. The molecule has 3 rings (SSSR count). The van der Waals surface area contributed by atoms with Crippen LogP contribution in [0, 0.1) is 20.3 Å². The second-order valence-corrected chi connectivity index (χ2v) is 5.79. The normalized spacial score (nSPS) is 11.0. The van der Waals surface area contributed by atoms with E-state index >= 15 is 0 Å². The third kappa shape index (κ3) is 2.19. The summed E-state index contributed by atoms with van der Waals surface area (Å²) < 4.78 is 1.35. The van der Waals surface area contributed by atoms with Crippen LogP contribution >= 0.6 is 11.3 Å². The van der Waals surface area contributed by atoms with Gasteiger partial charge in [0.05, 0.1) is 0 Å². The maximum absolute atomic E-state index is 2.26. The summed E-state index contributed by atoms with van der Waals surface area (Å²) in [4.78, 5) is 1.32. The average molecular weight is 251 g/mol. The standard InChI is InChI=1S/C17H15S/c1-12-7-8-14(9-13(12)2)10-16-11-15-5-3-4-6-17(15)18-16/h3-11H,1-2H3. The molecule has 0 spiro atoms. The van der Waals surface area contributed by atoms with Crippen molar-refractivity contribution in [1.29, 1.82) is 0 Å². The van der Waals surface area contributed by atoms with Gasteiger partial charge in [0.15, 0.2) is 0 Å². The first kappa shape index (κ1) is 11.5. The van der Waals surface area contributed by atoms with E-state index in [-0.39, 0.29) is 0 Å². The molecular formula is C17H15S. The van der Waals surface area contributed by atoms with Gasteiger partial charge in [0.25, 0.3) is 0 Å². The lowest BCUT2D eigenvalue weighted by Gasteiger charge is -2.03. The van der Waals surface area contributed by atoms with E-state index in [1.807, 2.05) is 11.3 Å². The molecule has 1 aromatic heterocycles. The Morgan fingerprint density at radius 2 is 1.72 bits per heavy atom. The van der Waals surface area contributed by atoms with E-state index in [2.05, 4.69) is 68.8 Å². The molecule has 0 aliphatic carbocycles. The van der Waals surface area contributed by atoms with Crippen molar-refractivity contribution in [2.75, 3.05) is 0 Å². The zero-order chi connectivity index (χ0) is 12.5. The second kappa shape index (κ2) is 4.58. The van der Waals surface area contributed by atoms with E-state index in [0.29, 0.717) is 0 Å². The molecule has 0 aliphatic rings. The molecule has 3 aromatic rings. The van der Waals surface area contributed by atoms with Gasteiger partial charge in [-0.2, -0.15) is 0 Å². The lowest BCUT2D eigenvalue weighted by molar-refractivity contribution is 1.31. The number of hydrogen-bond donors (Lipinski definition) is 0. The molecule has 1 radical (unpaired) electrons. The minimum absolute atomic E-state index is 1.28. The second-order valence-electron chi connectivity index (χ2n) is 4.67. The number of benzene rings is 2. The monoisotopic (exact) mass is 251 g/mol. The Labute approximate surface area is 112 Å². The van der Waals surface area contributed by atoms with Gasteiger partial charge in [0.1, 0.15) is 0 Å². The highest BCUT2D eigenvalue weighted by Crippen LogP contribution is 2.28. The molecule has 0 fully saturated rings. The summed E-state index contributed by atoms with van der Waals surface area (Å²) in [7, 11) is 0. The molecule has 0 saturated carbocycles. The maximum Gasteiger partial charge on any atom is 0.0345 e. The van der Waals surface area contributed by atoms with Gasteiger partial charge >= 0.3 is 0 Å². The van der Waals surface area contributed by atoms with Gasteiger partial charge in [-0.05, 0) is 48.1 Å². The highest BCUT2D eigenvalue weighted by molar-refractivity contribution is 7.19. The predicted molar refractivity (Wildman–Crippen MR) is 80.2 cm³/mol. The summed E-state index contributed by atoms with van der Waals surface area (Å²) in [5.41, 5.74) is 3.98. The van der Waals surface area contributed by atoms with Crippen LogP contribution in [0.1, 0.15) is 21.6 Å². The first-order valence-electron chi connectivity index (χ1n) is 6.13. The zero-order valence-electron chi connectivity index (χ0n) is 10.6. The smallest absolute Gasteiger partial charge is 0.0345 e. The number of thiophene rings is 1. The van der Waals surface area contributed by atoms with Crippen LogP contribution in [0.2, 0.25) is 0 Å².